The lowest BCUT2D eigenvalue weighted by molar-refractivity contribution is -0.115. The number of carbonyl (C=O) groups is 2. The van der Waals surface area contributed by atoms with Crippen molar-refractivity contribution in [1.82, 2.24) is 0 Å². The molecule has 0 aliphatic carbocycles. The molecule has 0 radical (unpaired) electrons. The third-order valence-electron chi connectivity index (χ3n) is 7.91. The van der Waals surface area contributed by atoms with Crippen LogP contribution in [0.15, 0.2) is 36.4 Å². The molecule has 2 aromatic carbocycles. The Morgan fingerprint density at radius 2 is 0.951 bits per heavy atom. The van der Waals surface area contributed by atoms with Crippen LogP contribution >= 0.6 is 0 Å². The number of rotatable bonds is 24. The van der Waals surface area contributed by atoms with Gasteiger partial charge in [-0.2, -0.15) is 0 Å². The van der Waals surface area contributed by atoms with Crippen molar-refractivity contribution < 1.29 is 24.5 Å². The fourth-order valence-corrected chi connectivity index (χ4v) is 5.55. The van der Waals surface area contributed by atoms with Crippen LogP contribution in [0.1, 0.15) is 126 Å². The van der Waals surface area contributed by atoms with Gasteiger partial charge in [0.25, 0.3) is 0 Å². The highest BCUT2D eigenvalue weighted by Crippen LogP contribution is 2.34. The van der Waals surface area contributed by atoms with Crippen molar-refractivity contribution in [3.05, 3.63) is 58.7 Å². The molecule has 0 saturated heterocycles. The molecule has 2 N–H and O–H groups in total. The van der Waals surface area contributed by atoms with Crippen molar-refractivity contribution in [3.63, 3.8) is 0 Å². The Kier molecular flexibility index (Phi) is 18.0. The molecule has 228 valence electrons. The van der Waals surface area contributed by atoms with Gasteiger partial charge in [-0.1, -0.05) is 115 Å². The van der Waals surface area contributed by atoms with Crippen LogP contribution in [-0.4, -0.2) is 35.0 Å². The van der Waals surface area contributed by atoms with Crippen molar-refractivity contribution in [2.75, 3.05) is 0 Å². The number of carbonyl (C=O) groups excluding carboxylic acids is 2. The first-order valence-electron chi connectivity index (χ1n) is 16.2. The predicted octanol–water partition coefficient (Wildman–Crippen LogP) is 8.27. The van der Waals surface area contributed by atoms with E-state index < -0.39 is 12.2 Å². The van der Waals surface area contributed by atoms with E-state index in [0.717, 1.165) is 72.3 Å². The van der Waals surface area contributed by atoms with Crippen LogP contribution in [0, 0.1) is 0 Å². The first-order chi connectivity index (χ1) is 20.0. The summed E-state index contributed by atoms with van der Waals surface area (Å²) in [6.07, 6.45) is 18.1. The monoisotopic (exact) mass is 566 g/mol. The minimum absolute atomic E-state index is 0.267. The average molecular weight is 567 g/mol. The number of benzene rings is 2. The molecule has 2 unspecified atom stereocenters. The molecule has 0 saturated carbocycles. The lowest BCUT2D eigenvalue weighted by Gasteiger charge is -2.20. The van der Waals surface area contributed by atoms with Gasteiger partial charge in [-0.3, -0.25) is 0 Å². The molecule has 2 aromatic rings. The third-order valence-corrected chi connectivity index (χ3v) is 7.91. The van der Waals surface area contributed by atoms with Gasteiger partial charge in [-0.25, -0.2) is 0 Å². The first-order valence-corrected chi connectivity index (χ1v) is 16.2. The van der Waals surface area contributed by atoms with Crippen LogP contribution in [0.2, 0.25) is 0 Å². The topological polar surface area (TPSA) is 83.8 Å². The average Bonchev–Trinajstić information content (AvgIpc) is 2.98. The van der Waals surface area contributed by atoms with Crippen LogP contribution in [0.3, 0.4) is 0 Å². The molecule has 0 heterocycles. The second-order valence-corrected chi connectivity index (χ2v) is 11.4. The molecule has 0 aliphatic heterocycles. The highest BCUT2D eigenvalue weighted by atomic mass is 16.5. The minimum Gasteiger partial charge on any atom is -0.457 e. The van der Waals surface area contributed by atoms with E-state index in [1.165, 1.54) is 64.2 Å². The summed E-state index contributed by atoms with van der Waals surface area (Å²) in [4.78, 5) is 22.5. The first kappa shape index (κ1) is 34.7. The van der Waals surface area contributed by atoms with Gasteiger partial charge in [0.2, 0.25) is 0 Å². The maximum atomic E-state index is 11.2. The van der Waals surface area contributed by atoms with Gasteiger partial charge in [-0.05, 0) is 60.1 Å². The second kappa shape index (κ2) is 21.2. The largest absolute Gasteiger partial charge is 0.457 e. The van der Waals surface area contributed by atoms with Gasteiger partial charge in [-0.15, -0.1) is 0 Å². The second-order valence-electron chi connectivity index (χ2n) is 11.4. The summed E-state index contributed by atoms with van der Waals surface area (Å²) in [7, 11) is 0. The molecular weight excluding hydrogens is 512 g/mol. The van der Waals surface area contributed by atoms with Crippen LogP contribution in [0.5, 0.6) is 11.5 Å². The summed E-state index contributed by atoms with van der Waals surface area (Å²) >= 11 is 0. The summed E-state index contributed by atoms with van der Waals surface area (Å²) in [6.45, 7) is 4.46. The quantitative estimate of drug-likeness (QED) is 0.0987. The van der Waals surface area contributed by atoms with Gasteiger partial charge >= 0.3 is 0 Å². The van der Waals surface area contributed by atoms with Crippen LogP contribution in [-0.2, 0) is 35.3 Å². The van der Waals surface area contributed by atoms with E-state index in [-0.39, 0.29) is 12.8 Å². The Balaban J connectivity index is 2.26. The van der Waals surface area contributed by atoms with Crippen LogP contribution in [0.25, 0.3) is 0 Å². The number of hydrogen-bond donors (Lipinski definition) is 2. The van der Waals surface area contributed by atoms with E-state index in [4.69, 9.17) is 4.74 Å². The zero-order valence-electron chi connectivity index (χ0n) is 25.6. The predicted molar refractivity (Wildman–Crippen MR) is 168 cm³/mol. The fraction of sp³-hybridized carbons (Fsp3) is 0.611. The molecule has 0 bridgehead atoms. The Morgan fingerprint density at radius 1 is 0.585 bits per heavy atom. The molecule has 41 heavy (non-hydrogen) atoms. The Labute approximate surface area is 248 Å². The molecule has 2 rings (SSSR count). The van der Waals surface area contributed by atoms with Crippen molar-refractivity contribution in [2.24, 2.45) is 0 Å². The van der Waals surface area contributed by atoms with E-state index in [0.29, 0.717) is 12.6 Å². The molecule has 0 spiro atoms. The number of hydrogen-bond acceptors (Lipinski definition) is 5. The minimum atomic E-state index is -1.04. The van der Waals surface area contributed by atoms with Crippen molar-refractivity contribution in [1.29, 1.82) is 0 Å². The molecule has 2 atom stereocenters. The maximum absolute atomic E-state index is 11.2. The van der Waals surface area contributed by atoms with Gasteiger partial charge in [0.05, 0.1) is 0 Å². The molecule has 0 amide bonds. The summed E-state index contributed by atoms with van der Waals surface area (Å²) < 4.78 is 6.63. The maximum Gasteiger partial charge on any atom is 0.148 e. The molecule has 5 nitrogen and oxygen atoms in total. The lowest BCUT2D eigenvalue weighted by atomic mass is 9.95. The van der Waals surface area contributed by atoms with Gasteiger partial charge < -0.3 is 24.5 Å². The van der Waals surface area contributed by atoms with Gasteiger partial charge in [0, 0.05) is 12.8 Å². The smallest absolute Gasteiger partial charge is 0.148 e. The number of unbranched alkanes of at least 4 members (excludes halogenated alkanes) is 12. The normalized spacial score (nSPS) is 12.7. The van der Waals surface area contributed by atoms with Crippen LogP contribution < -0.4 is 4.74 Å². The lowest BCUT2D eigenvalue weighted by Crippen LogP contribution is -2.14. The number of aliphatic hydroxyl groups excluding tert-OH is 2. The van der Waals surface area contributed by atoms with E-state index in [1.807, 2.05) is 36.4 Å². The Morgan fingerprint density at radius 3 is 1.32 bits per heavy atom. The number of ether oxygens (including phenoxy) is 1. The molecule has 5 heteroatoms. The summed E-state index contributed by atoms with van der Waals surface area (Å²) in [5, 5.41) is 20.2. The number of aliphatic hydroxyl groups is 2. The Bertz CT molecular complexity index is 922. The molecule has 0 aromatic heterocycles. The molecule has 0 fully saturated rings. The highest BCUT2D eigenvalue weighted by Gasteiger charge is 2.17. The summed E-state index contributed by atoms with van der Waals surface area (Å²) in [5.41, 5.74) is 3.97. The zero-order valence-corrected chi connectivity index (χ0v) is 25.6. The SMILES string of the molecule is CCCCCCCCCc1c(CC(O)C=O)cccc1Oc1cccc(CC(O)C=O)c1CCCCCCCCC. The standard InChI is InChI=1S/C36H54O5/c1-3-5-7-9-11-13-15-21-33-29(25-31(39)27-37)19-17-23-35(33)41-36-24-18-20-30(26-32(40)28-38)34(36)22-16-14-12-10-8-6-4-2/h17-20,23-24,27-28,31-32,39-40H,3-16,21-22,25-26H2,1-2H3. The van der Waals surface area contributed by atoms with Gasteiger partial charge in [0.1, 0.15) is 36.3 Å². The van der Waals surface area contributed by atoms with Crippen molar-refractivity contribution in [3.8, 4) is 11.5 Å². The van der Waals surface area contributed by atoms with E-state index in [9.17, 15) is 19.8 Å². The van der Waals surface area contributed by atoms with E-state index in [2.05, 4.69) is 13.8 Å². The molecular formula is C36H54O5. The third kappa shape index (κ3) is 13.3. The fourth-order valence-electron chi connectivity index (χ4n) is 5.55. The molecule has 0 aliphatic rings. The van der Waals surface area contributed by atoms with E-state index in [1.54, 1.807) is 0 Å². The van der Waals surface area contributed by atoms with E-state index >= 15 is 0 Å². The summed E-state index contributed by atoms with van der Waals surface area (Å²) in [6, 6.07) is 11.7. The Hall–Kier alpha value is -2.50. The van der Waals surface area contributed by atoms with Crippen LogP contribution in [0.4, 0.5) is 0 Å². The zero-order chi connectivity index (χ0) is 29.7. The summed E-state index contributed by atoms with van der Waals surface area (Å²) in [5.74, 6) is 1.50. The number of aldehydes is 2. The highest BCUT2D eigenvalue weighted by molar-refractivity contribution is 5.58. The van der Waals surface area contributed by atoms with Crippen molar-refractivity contribution >= 4 is 12.6 Å². The van der Waals surface area contributed by atoms with Gasteiger partial charge in [0.15, 0.2) is 0 Å². The van der Waals surface area contributed by atoms with Crippen molar-refractivity contribution in [2.45, 2.75) is 142 Å².